The predicted octanol–water partition coefficient (Wildman–Crippen LogP) is 3.89. The third-order valence-electron chi connectivity index (χ3n) is 7.01. The minimum absolute atomic E-state index is 0.00383. The van der Waals surface area contributed by atoms with Gasteiger partial charge in [0.15, 0.2) is 5.65 Å². The van der Waals surface area contributed by atoms with E-state index in [1.807, 2.05) is 29.4 Å². The molecule has 3 aromatic heterocycles. The zero-order valence-corrected chi connectivity index (χ0v) is 18.6. The van der Waals surface area contributed by atoms with Crippen molar-refractivity contribution in [2.45, 2.75) is 71.9 Å². The Balaban J connectivity index is 1.39. The molecule has 0 saturated heterocycles. The van der Waals surface area contributed by atoms with Crippen LogP contribution >= 0.6 is 0 Å². The number of amides is 1. The zero-order valence-electron chi connectivity index (χ0n) is 18.6. The topological polar surface area (TPSA) is 79.7 Å². The van der Waals surface area contributed by atoms with Crippen molar-refractivity contribution in [2.24, 2.45) is 11.3 Å². The van der Waals surface area contributed by atoms with Gasteiger partial charge in [-0.2, -0.15) is 5.10 Å². The second-order valence-corrected chi connectivity index (χ2v) is 9.88. The zero-order chi connectivity index (χ0) is 21.4. The van der Waals surface area contributed by atoms with Crippen molar-refractivity contribution in [1.82, 2.24) is 29.6 Å². The fourth-order valence-electron chi connectivity index (χ4n) is 5.44. The van der Waals surface area contributed by atoms with Crippen LogP contribution in [-0.2, 0) is 30.7 Å². The molecule has 0 spiro atoms. The van der Waals surface area contributed by atoms with Crippen LogP contribution in [-0.4, -0.2) is 42.1 Å². The number of carbonyl (C=O) groups is 1. The molecule has 164 valence electrons. The van der Waals surface area contributed by atoms with Crippen LogP contribution in [0.25, 0.3) is 11.2 Å². The largest absolute Gasteiger partial charge is 0.338 e. The molecule has 7 nitrogen and oxygen atoms in total. The van der Waals surface area contributed by atoms with Crippen molar-refractivity contribution in [3.8, 4) is 0 Å². The van der Waals surface area contributed by atoms with Crippen molar-refractivity contribution in [1.29, 1.82) is 0 Å². The third-order valence-corrected chi connectivity index (χ3v) is 7.01. The molecule has 1 N–H and O–H groups in total. The van der Waals surface area contributed by atoms with Crippen molar-refractivity contribution in [3.63, 3.8) is 0 Å². The lowest BCUT2D eigenvalue weighted by Crippen LogP contribution is -2.39. The molecule has 7 heteroatoms. The summed E-state index contributed by atoms with van der Waals surface area (Å²) in [7, 11) is 0. The highest BCUT2D eigenvalue weighted by atomic mass is 16.2. The second kappa shape index (κ2) is 8.09. The van der Waals surface area contributed by atoms with Gasteiger partial charge in [-0.3, -0.25) is 9.89 Å². The summed E-state index contributed by atoms with van der Waals surface area (Å²) in [4.78, 5) is 25.0. The van der Waals surface area contributed by atoms with Gasteiger partial charge in [0.2, 0.25) is 5.91 Å². The molecule has 1 amide bonds. The Hall–Kier alpha value is -2.70. The van der Waals surface area contributed by atoms with Crippen LogP contribution in [0.4, 0.5) is 0 Å². The summed E-state index contributed by atoms with van der Waals surface area (Å²) in [5.41, 5.74) is 4.26. The average Bonchev–Trinajstić information content (AvgIpc) is 3.47. The average molecular weight is 421 g/mol. The van der Waals surface area contributed by atoms with Gasteiger partial charge in [-0.1, -0.05) is 26.7 Å². The Kier molecular flexibility index (Phi) is 5.28. The number of imidazole rings is 1. The minimum Gasteiger partial charge on any atom is -0.338 e. The van der Waals surface area contributed by atoms with Crippen LogP contribution in [0, 0.1) is 11.3 Å². The minimum atomic E-state index is 0.00383. The van der Waals surface area contributed by atoms with Gasteiger partial charge < -0.3 is 9.47 Å². The number of aromatic nitrogens is 5. The fraction of sp³-hybridized carbons (Fsp3) is 0.583. The molecule has 0 unspecified atom stereocenters. The number of aromatic amines is 1. The predicted molar refractivity (Wildman–Crippen MR) is 119 cm³/mol. The number of fused-ring (bicyclic) bond motifs is 2. The first kappa shape index (κ1) is 20.2. The van der Waals surface area contributed by atoms with E-state index in [2.05, 4.69) is 33.6 Å². The summed E-state index contributed by atoms with van der Waals surface area (Å²) < 4.78 is 2.29. The molecular weight excluding hydrogens is 388 g/mol. The summed E-state index contributed by atoms with van der Waals surface area (Å²) in [5, 5.41) is 7.20. The highest BCUT2D eigenvalue weighted by Gasteiger charge is 2.39. The Bertz CT molecular complexity index is 1070. The maximum absolute atomic E-state index is 13.4. The van der Waals surface area contributed by atoms with Crippen LogP contribution in [0.5, 0.6) is 0 Å². The number of nitrogens with zero attached hydrogens (tertiary/aromatic N) is 5. The van der Waals surface area contributed by atoms with Gasteiger partial charge >= 0.3 is 0 Å². The molecule has 1 saturated carbocycles. The van der Waals surface area contributed by atoms with E-state index >= 15 is 0 Å². The van der Waals surface area contributed by atoms with E-state index in [1.54, 1.807) is 0 Å². The summed E-state index contributed by atoms with van der Waals surface area (Å²) >= 11 is 0. The van der Waals surface area contributed by atoms with Crippen LogP contribution < -0.4 is 0 Å². The first-order valence-corrected chi connectivity index (χ1v) is 11.6. The van der Waals surface area contributed by atoms with E-state index in [0.29, 0.717) is 18.9 Å². The summed E-state index contributed by atoms with van der Waals surface area (Å²) in [6.45, 7) is 6.82. The van der Waals surface area contributed by atoms with E-state index in [4.69, 9.17) is 4.98 Å². The molecule has 1 fully saturated rings. The van der Waals surface area contributed by atoms with Crippen molar-refractivity contribution in [2.75, 3.05) is 6.54 Å². The molecule has 0 bridgehead atoms. The number of rotatable bonds is 6. The maximum atomic E-state index is 13.4. The SMILES string of the molecule is CC(C)Cn1c(CC2(CC(=O)N3CCc4[nH]ncc4C3)CCCC2)nc2cccnc21. The number of hydrogen-bond donors (Lipinski definition) is 1. The Labute approximate surface area is 183 Å². The smallest absolute Gasteiger partial charge is 0.223 e. The summed E-state index contributed by atoms with van der Waals surface area (Å²) in [5.74, 6) is 1.88. The van der Waals surface area contributed by atoms with E-state index < -0.39 is 0 Å². The Morgan fingerprint density at radius 2 is 2.13 bits per heavy atom. The van der Waals surface area contributed by atoms with E-state index in [9.17, 15) is 4.79 Å². The maximum Gasteiger partial charge on any atom is 0.223 e. The van der Waals surface area contributed by atoms with Crippen molar-refractivity contribution < 1.29 is 4.79 Å². The van der Waals surface area contributed by atoms with Crippen LogP contribution in [0.3, 0.4) is 0 Å². The molecule has 5 rings (SSSR count). The molecule has 1 aliphatic carbocycles. The molecule has 0 radical (unpaired) electrons. The lowest BCUT2D eigenvalue weighted by Gasteiger charge is -2.33. The fourth-order valence-corrected chi connectivity index (χ4v) is 5.44. The summed E-state index contributed by atoms with van der Waals surface area (Å²) in [6, 6.07) is 4.00. The number of carbonyl (C=O) groups excluding carboxylic acids is 1. The van der Waals surface area contributed by atoms with Gasteiger partial charge in [-0.15, -0.1) is 0 Å². The first-order valence-electron chi connectivity index (χ1n) is 11.6. The third kappa shape index (κ3) is 3.98. The normalized spacial score (nSPS) is 18.1. The summed E-state index contributed by atoms with van der Waals surface area (Å²) in [6.07, 6.45) is 10.6. The van der Waals surface area contributed by atoms with E-state index in [0.717, 1.165) is 61.3 Å². The lowest BCUT2D eigenvalue weighted by molar-refractivity contribution is -0.134. The first-order chi connectivity index (χ1) is 15.0. The molecule has 2 aliphatic rings. The Morgan fingerprint density at radius 1 is 1.29 bits per heavy atom. The highest BCUT2D eigenvalue weighted by Crippen LogP contribution is 2.44. The second-order valence-electron chi connectivity index (χ2n) is 9.88. The van der Waals surface area contributed by atoms with Crippen LogP contribution in [0.15, 0.2) is 24.5 Å². The lowest BCUT2D eigenvalue weighted by atomic mass is 9.78. The van der Waals surface area contributed by atoms with Crippen LogP contribution in [0.2, 0.25) is 0 Å². The molecule has 31 heavy (non-hydrogen) atoms. The number of nitrogens with one attached hydrogen (secondary N) is 1. The van der Waals surface area contributed by atoms with Gasteiger partial charge in [-0.05, 0) is 36.3 Å². The van der Waals surface area contributed by atoms with Gasteiger partial charge in [-0.25, -0.2) is 9.97 Å². The molecule has 1 aliphatic heterocycles. The number of H-pyrrole nitrogens is 1. The number of hydrogen-bond acceptors (Lipinski definition) is 4. The van der Waals surface area contributed by atoms with E-state index in [1.165, 1.54) is 18.5 Å². The standard InChI is InChI=1S/C24H32N6O/c1-17(2)15-30-21(27-20-6-5-10-25-23(20)30)12-24(8-3-4-9-24)13-22(31)29-11-7-19-18(16-29)14-26-28-19/h5-6,10,14,17H,3-4,7-9,11-13,15-16H2,1-2H3,(H,26,28). The quantitative estimate of drug-likeness (QED) is 0.656. The Morgan fingerprint density at radius 3 is 2.94 bits per heavy atom. The highest BCUT2D eigenvalue weighted by molar-refractivity contribution is 5.77. The number of pyridine rings is 1. The van der Waals surface area contributed by atoms with Gasteiger partial charge in [0.25, 0.3) is 0 Å². The van der Waals surface area contributed by atoms with Crippen LogP contribution in [0.1, 0.15) is 63.0 Å². The van der Waals surface area contributed by atoms with Gasteiger partial charge in [0, 0.05) is 56.4 Å². The molecule has 3 aromatic rings. The monoisotopic (exact) mass is 420 g/mol. The van der Waals surface area contributed by atoms with Gasteiger partial charge in [0.1, 0.15) is 11.3 Å². The van der Waals surface area contributed by atoms with Crippen molar-refractivity contribution in [3.05, 3.63) is 41.6 Å². The molecule has 0 aromatic carbocycles. The van der Waals surface area contributed by atoms with Crippen molar-refractivity contribution >= 4 is 17.1 Å². The van der Waals surface area contributed by atoms with E-state index in [-0.39, 0.29) is 11.3 Å². The van der Waals surface area contributed by atoms with Gasteiger partial charge in [0.05, 0.1) is 6.20 Å². The molecule has 4 heterocycles. The molecular formula is C24H32N6O. The molecule has 0 atom stereocenters.